The van der Waals surface area contributed by atoms with Crippen molar-refractivity contribution < 1.29 is 14.6 Å². The quantitative estimate of drug-likeness (QED) is 0.925. The van der Waals surface area contributed by atoms with Crippen LogP contribution in [0.1, 0.15) is 48.9 Å². The molecule has 6 heteroatoms. The Balaban J connectivity index is 2.42. The number of carbonyl (C=O) groups is 1. The third-order valence-electron chi connectivity index (χ3n) is 3.19. The second kappa shape index (κ2) is 5.32. The van der Waals surface area contributed by atoms with Gasteiger partial charge in [-0.1, -0.05) is 0 Å². The molecule has 0 spiro atoms. The smallest absolute Gasteiger partial charge is 0.355 e. The van der Waals surface area contributed by atoms with Crippen molar-refractivity contribution in [3.05, 3.63) is 22.2 Å². The molecule has 1 fully saturated rings. The van der Waals surface area contributed by atoms with E-state index in [2.05, 4.69) is 25.9 Å². The van der Waals surface area contributed by atoms with Gasteiger partial charge in [0.05, 0.1) is 4.47 Å². The normalized spacial score (nSPS) is 17.9. The van der Waals surface area contributed by atoms with E-state index >= 15 is 0 Å². The van der Waals surface area contributed by atoms with Crippen molar-refractivity contribution in [2.45, 2.75) is 38.2 Å². The van der Waals surface area contributed by atoms with Crippen LogP contribution in [-0.4, -0.2) is 27.7 Å². The molecule has 1 saturated carbocycles. The topological polar surface area (TPSA) is 72.3 Å². The van der Waals surface area contributed by atoms with Crippen LogP contribution in [0.4, 0.5) is 0 Å². The molecule has 1 aliphatic rings. The Bertz CT molecular complexity index is 459. The van der Waals surface area contributed by atoms with Crippen LogP contribution in [0.2, 0.25) is 0 Å². The number of nitrogens with zero attached hydrogens (tertiary/aromatic N) is 2. The van der Waals surface area contributed by atoms with Gasteiger partial charge in [-0.3, -0.25) is 0 Å². The van der Waals surface area contributed by atoms with Gasteiger partial charge in [-0.25, -0.2) is 14.8 Å². The maximum Gasteiger partial charge on any atom is 0.355 e. The minimum atomic E-state index is -1.06. The first kappa shape index (κ1) is 13.4. The van der Waals surface area contributed by atoms with E-state index in [0.717, 1.165) is 25.7 Å². The van der Waals surface area contributed by atoms with Crippen LogP contribution in [0, 0.1) is 0 Å². The molecule has 0 saturated heterocycles. The van der Waals surface area contributed by atoms with Crippen molar-refractivity contribution in [2.75, 3.05) is 6.61 Å². The van der Waals surface area contributed by atoms with Crippen molar-refractivity contribution in [3.8, 4) is 0 Å². The first-order valence-electron chi connectivity index (χ1n) is 5.99. The minimum absolute atomic E-state index is 0.00835. The number of aromatic carboxylic acids is 1. The van der Waals surface area contributed by atoms with E-state index in [0.29, 0.717) is 16.9 Å². The summed E-state index contributed by atoms with van der Waals surface area (Å²) in [6.07, 6.45) is 5.30. The fourth-order valence-electron chi connectivity index (χ4n) is 2.39. The molecule has 0 aromatic carbocycles. The van der Waals surface area contributed by atoms with Crippen LogP contribution >= 0.6 is 15.9 Å². The molecule has 0 radical (unpaired) electrons. The summed E-state index contributed by atoms with van der Waals surface area (Å²) in [5.41, 5.74) is -0.509. The molecule has 18 heavy (non-hydrogen) atoms. The molecule has 2 rings (SSSR count). The summed E-state index contributed by atoms with van der Waals surface area (Å²) in [5.74, 6) is -0.572. The lowest BCUT2D eigenvalue weighted by molar-refractivity contribution is -0.0458. The van der Waals surface area contributed by atoms with Gasteiger partial charge in [0.25, 0.3) is 0 Å². The highest BCUT2D eigenvalue weighted by molar-refractivity contribution is 9.10. The summed E-state index contributed by atoms with van der Waals surface area (Å²) in [7, 11) is 0. The third kappa shape index (κ3) is 2.40. The van der Waals surface area contributed by atoms with Gasteiger partial charge in [-0.05, 0) is 48.5 Å². The van der Waals surface area contributed by atoms with E-state index in [1.54, 1.807) is 0 Å². The maximum atomic E-state index is 11.1. The second-order valence-electron chi connectivity index (χ2n) is 4.33. The zero-order valence-corrected chi connectivity index (χ0v) is 11.7. The van der Waals surface area contributed by atoms with Gasteiger partial charge in [0, 0.05) is 12.8 Å². The highest BCUT2D eigenvalue weighted by atomic mass is 79.9. The predicted octanol–water partition coefficient (Wildman–Crippen LogP) is 2.74. The van der Waals surface area contributed by atoms with Gasteiger partial charge in [-0.15, -0.1) is 0 Å². The van der Waals surface area contributed by atoms with Crippen LogP contribution in [0.5, 0.6) is 0 Å². The van der Waals surface area contributed by atoms with Crippen LogP contribution in [0.25, 0.3) is 0 Å². The number of aromatic nitrogens is 2. The van der Waals surface area contributed by atoms with Crippen LogP contribution < -0.4 is 0 Å². The summed E-state index contributed by atoms with van der Waals surface area (Å²) in [6.45, 7) is 2.50. The largest absolute Gasteiger partial charge is 0.476 e. The molecule has 1 aromatic heterocycles. The summed E-state index contributed by atoms with van der Waals surface area (Å²) in [4.78, 5) is 19.5. The van der Waals surface area contributed by atoms with Crippen molar-refractivity contribution in [1.82, 2.24) is 9.97 Å². The Labute approximate surface area is 114 Å². The predicted molar refractivity (Wildman–Crippen MR) is 68.5 cm³/mol. The molecular formula is C12H15BrN2O3. The molecule has 0 bridgehead atoms. The van der Waals surface area contributed by atoms with E-state index in [-0.39, 0.29) is 5.69 Å². The second-order valence-corrected chi connectivity index (χ2v) is 5.18. The summed E-state index contributed by atoms with van der Waals surface area (Å²) in [6, 6.07) is 0. The molecule has 0 unspecified atom stereocenters. The molecule has 1 aromatic rings. The zero-order chi connectivity index (χ0) is 13.2. The summed E-state index contributed by atoms with van der Waals surface area (Å²) in [5, 5.41) is 9.09. The van der Waals surface area contributed by atoms with Crippen LogP contribution in [-0.2, 0) is 10.3 Å². The third-order valence-corrected chi connectivity index (χ3v) is 3.77. The standard InChI is InChI=1S/C12H15BrN2O3/c1-2-18-12(5-3-4-6-12)11-14-7-8(13)9(15-11)10(16)17/h7H,2-6H2,1H3,(H,16,17). The number of carboxylic acids is 1. The number of hydrogen-bond acceptors (Lipinski definition) is 4. The minimum Gasteiger partial charge on any atom is -0.476 e. The highest BCUT2D eigenvalue weighted by Gasteiger charge is 2.39. The summed E-state index contributed by atoms with van der Waals surface area (Å²) >= 11 is 3.15. The van der Waals surface area contributed by atoms with Crippen molar-refractivity contribution in [3.63, 3.8) is 0 Å². The lowest BCUT2D eigenvalue weighted by Crippen LogP contribution is -2.29. The molecule has 5 nitrogen and oxygen atoms in total. The molecule has 1 aliphatic carbocycles. The SMILES string of the molecule is CCOC1(c2ncc(Br)c(C(=O)O)n2)CCCC1. The average Bonchev–Trinajstić information content (AvgIpc) is 2.79. The molecule has 1 N–H and O–H groups in total. The Morgan fingerprint density at radius 1 is 1.56 bits per heavy atom. The van der Waals surface area contributed by atoms with E-state index in [1.807, 2.05) is 6.92 Å². The van der Waals surface area contributed by atoms with E-state index in [4.69, 9.17) is 9.84 Å². The van der Waals surface area contributed by atoms with Crippen molar-refractivity contribution in [2.24, 2.45) is 0 Å². The number of rotatable bonds is 4. The van der Waals surface area contributed by atoms with E-state index < -0.39 is 11.6 Å². The maximum absolute atomic E-state index is 11.1. The van der Waals surface area contributed by atoms with Gasteiger partial charge < -0.3 is 9.84 Å². The van der Waals surface area contributed by atoms with Crippen LogP contribution in [0.3, 0.4) is 0 Å². The molecule has 0 amide bonds. The number of hydrogen-bond donors (Lipinski definition) is 1. The van der Waals surface area contributed by atoms with Gasteiger partial charge in [-0.2, -0.15) is 0 Å². The average molecular weight is 315 g/mol. The lowest BCUT2D eigenvalue weighted by Gasteiger charge is -2.27. The lowest BCUT2D eigenvalue weighted by atomic mass is 10.0. The van der Waals surface area contributed by atoms with E-state index in [1.165, 1.54) is 6.20 Å². The number of halogens is 1. The molecule has 1 heterocycles. The Morgan fingerprint density at radius 2 is 2.22 bits per heavy atom. The first-order chi connectivity index (χ1) is 8.59. The Morgan fingerprint density at radius 3 is 2.78 bits per heavy atom. The molecule has 98 valence electrons. The van der Waals surface area contributed by atoms with Gasteiger partial charge in [0.2, 0.25) is 0 Å². The van der Waals surface area contributed by atoms with E-state index in [9.17, 15) is 4.79 Å². The fourth-order valence-corrected chi connectivity index (χ4v) is 2.75. The molecule has 0 aliphatic heterocycles. The fraction of sp³-hybridized carbons (Fsp3) is 0.583. The van der Waals surface area contributed by atoms with Gasteiger partial charge in [0.15, 0.2) is 11.5 Å². The van der Waals surface area contributed by atoms with Crippen LogP contribution in [0.15, 0.2) is 10.7 Å². The zero-order valence-electron chi connectivity index (χ0n) is 10.1. The molecule has 0 atom stereocenters. The molecular weight excluding hydrogens is 300 g/mol. The van der Waals surface area contributed by atoms with Gasteiger partial charge >= 0.3 is 5.97 Å². The number of carboxylic acid groups (broad SMARTS) is 1. The van der Waals surface area contributed by atoms with Gasteiger partial charge in [0.1, 0.15) is 5.60 Å². The first-order valence-corrected chi connectivity index (χ1v) is 6.78. The Hall–Kier alpha value is -1.01. The van der Waals surface area contributed by atoms with Crippen molar-refractivity contribution in [1.29, 1.82) is 0 Å². The monoisotopic (exact) mass is 314 g/mol. The Kier molecular flexibility index (Phi) is 3.97. The number of ether oxygens (including phenoxy) is 1. The van der Waals surface area contributed by atoms with Crippen molar-refractivity contribution >= 4 is 21.9 Å². The summed E-state index contributed by atoms with van der Waals surface area (Å²) < 4.78 is 6.21. The highest BCUT2D eigenvalue weighted by Crippen LogP contribution is 2.40.